The first-order valence-corrected chi connectivity index (χ1v) is 7.58. The van der Waals surface area contributed by atoms with Crippen molar-refractivity contribution in [3.05, 3.63) is 0 Å². The third-order valence-electron chi connectivity index (χ3n) is 3.47. The Balaban J connectivity index is 1.74. The van der Waals surface area contributed by atoms with Gasteiger partial charge in [0.05, 0.1) is 6.54 Å². The van der Waals surface area contributed by atoms with Gasteiger partial charge in [-0.15, -0.1) is 0 Å². The highest BCUT2D eigenvalue weighted by atomic mass is 16.1. The molecule has 2 nitrogen and oxygen atoms in total. The van der Waals surface area contributed by atoms with Crippen LogP contribution in [0.4, 0.5) is 0 Å². The average molecular weight is 239 g/mol. The number of carbonyl (C=O) groups is 1. The van der Waals surface area contributed by atoms with Crippen LogP contribution in [0.3, 0.4) is 0 Å². The molecule has 0 unspecified atom stereocenters. The van der Waals surface area contributed by atoms with Crippen molar-refractivity contribution in [1.82, 2.24) is 5.32 Å². The maximum atomic E-state index is 11.5. The van der Waals surface area contributed by atoms with Crippen LogP contribution in [0.5, 0.6) is 0 Å². The van der Waals surface area contributed by atoms with Gasteiger partial charge in [0, 0.05) is 12.5 Å². The van der Waals surface area contributed by atoms with Crippen molar-refractivity contribution < 1.29 is 4.79 Å². The Kier molecular flexibility index (Phi) is 8.33. The predicted octanol–water partition coefficient (Wildman–Crippen LogP) is 3.84. The average Bonchev–Trinajstić information content (AvgIpc) is 3.14. The lowest BCUT2D eigenvalue weighted by Crippen LogP contribution is -2.24. The van der Waals surface area contributed by atoms with Crippen LogP contribution in [0.1, 0.15) is 77.6 Å². The maximum absolute atomic E-state index is 11.5. The summed E-state index contributed by atoms with van der Waals surface area (Å²) in [7, 11) is 0. The molecular formula is C15H29NO. The van der Waals surface area contributed by atoms with Crippen molar-refractivity contribution in [2.24, 2.45) is 0 Å². The second-order valence-electron chi connectivity index (χ2n) is 5.42. The Morgan fingerprint density at radius 2 is 1.59 bits per heavy atom. The lowest BCUT2D eigenvalue weighted by molar-refractivity contribution is -0.118. The van der Waals surface area contributed by atoms with Crippen LogP contribution < -0.4 is 5.32 Å². The van der Waals surface area contributed by atoms with E-state index in [9.17, 15) is 4.79 Å². The molecule has 0 amide bonds. The third-order valence-corrected chi connectivity index (χ3v) is 3.47. The van der Waals surface area contributed by atoms with Crippen molar-refractivity contribution >= 4 is 5.78 Å². The zero-order valence-corrected chi connectivity index (χ0v) is 11.5. The highest BCUT2D eigenvalue weighted by molar-refractivity contribution is 5.80. The van der Waals surface area contributed by atoms with Gasteiger partial charge in [-0.05, 0) is 19.3 Å². The summed E-state index contributed by atoms with van der Waals surface area (Å²) >= 11 is 0. The van der Waals surface area contributed by atoms with E-state index in [-0.39, 0.29) is 0 Å². The van der Waals surface area contributed by atoms with Crippen LogP contribution in [0, 0.1) is 0 Å². The summed E-state index contributed by atoms with van der Waals surface area (Å²) in [6.07, 6.45) is 13.8. The standard InChI is InChI=1S/C15H29NO/c1-2-3-4-5-6-7-8-9-10-15(17)13-16-14-11-12-14/h14,16H,2-13H2,1H3. The number of ketones is 1. The minimum absolute atomic E-state index is 0.405. The fourth-order valence-corrected chi connectivity index (χ4v) is 2.09. The largest absolute Gasteiger partial charge is 0.307 e. The topological polar surface area (TPSA) is 29.1 Å². The first-order valence-electron chi connectivity index (χ1n) is 7.58. The minimum atomic E-state index is 0.405. The second-order valence-corrected chi connectivity index (χ2v) is 5.42. The van der Waals surface area contributed by atoms with E-state index in [1.807, 2.05) is 0 Å². The number of hydrogen-bond donors (Lipinski definition) is 1. The van der Waals surface area contributed by atoms with Gasteiger partial charge in [0.1, 0.15) is 5.78 Å². The number of rotatable bonds is 12. The smallest absolute Gasteiger partial charge is 0.146 e. The van der Waals surface area contributed by atoms with Gasteiger partial charge in [0.15, 0.2) is 0 Å². The number of Topliss-reactive ketones (excluding diaryl/α,β-unsaturated/α-hetero) is 1. The van der Waals surface area contributed by atoms with Gasteiger partial charge in [-0.1, -0.05) is 51.9 Å². The Morgan fingerprint density at radius 3 is 2.18 bits per heavy atom. The van der Waals surface area contributed by atoms with E-state index in [0.29, 0.717) is 18.4 Å². The first kappa shape index (κ1) is 14.7. The van der Waals surface area contributed by atoms with E-state index in [0.717, 1.165) is 12.8 Å². The number of carbonyl (C=O) groups excluding carboxylic acids is 1. The normalized spacial score (nSPS) is 15.1. The fraction of sp³-hybridized carbons (Fsp3) is 0.933. The molecule has 0 bridgehead atoms. The zero-order valence-electron chi connectivity index (χ0n) is 11.5. The lowest BCUT2D eigenvalue weighted by atomic mass is 10.1. The van der Waals surface area contributed by atoms with Crippen molar-refractivity contribution in [2.75, 3.05) is 6.54 Å². The van der Waals surface area contributed by atoms with Crippen LogP contribution in [-0.4, -0.2) is 18.4 Å². The quantitative estimate of drug-likeness (QED) is 0.524. The molecule has 2 heteroatoms. The van der Waals surface area contributed by atoms with E-state index < -0.39 is 0 Å². The zero-order chi connectivity index (χ0) is 12.3. The van der Waals surface area contributed by atoms with E-state index in [4.69, 9.17) is 0 Å². The van der Waals surface area contributed by atoms with Crippen molar-refractivity contribution in [3.63, 3.8) is 0 Å². The summed E-state index contributed by atoms with van der Waals surface area (Å²) in [6.45, 7) is 2.86. The third kappa shape index (κ3) is 9.34. The Hall–Kier alpha value is -0.370. The van der Waals surface area contributed by atoms with Crippen LogP contribution in [0.25, 0.3) is 0 Å². The molecule has 0 heterocycles. The molecule has 0 atom stereocenters. The number of unbranched alkanes of at least 4 members (excludes halogenated alkanes) is 7. The van der Waals surface area contributed by atoms with Gasteiger partial charge in [-0.2, -0.15) is 0 Å². The molecule has 1 aliphatic rings. The van der Waals surface area contributed by atoms with E-state index >= 15 is 0 Å². The minimum Gasteiger partial charge on any atom is -0.307 e. The lowest BCUT2D eigenvalue weighted by Gasteiger charge is -2.03. The Labute approximate surface area is 107 Å². The molecule has 17 heavy (non-hydrogen) atoms. The van der Waals surface area contributed by atoms with Gasteiger partial charge in [-0.25, -0.2) is 0 Å². The SMILES string of the molecule is CCCCCCCCCCC(=O)CNC1CC1. The summed E-state index contributed by atoms with van der Waals surface area (Å²) < 4.78 is 0. The maximum Gasteiger partial charge on any atom is 0.146 e. The van der Waals surface area contributed by atoms with Gasteiger partial charge < -0.3 is 5.32 Å². The molecule has 1 rings (SSSR count). The molecule has 0 spiro atoms. The molecule has 1 saturated carbocycles. The molecule has 100 valence electrons. The molecular weight excluding hydrogens is 210 g/mol. The Bertz CT molecular complexity index is 199. The molecule has 1 fully saturated rings. The van der Waals surface area contributed by atoms with Crippen LogP contribution in [-0.2, 0) is 4.79 Å². The monoisotopic (exact) mass is 239 g/mol. The van der Waals surface area contributed by atoms with E-state index in [1.54, 1.807) is 0 Å². The molecule has 0 aromatic heterocycles. The number of hydrogen-bond acceptors (Lipinski definition) is 2. The van der Waals surface area contributed by atoms with Gasteiger partial charge in [0.25, 0.3) is 0 Å². The summed E-state index contributed by atoms with van der Waals surface area (Å²) in [4.78, 5) is 11.5. The summed E-state index contributed by atoms with van der Waals surface area (Å²) in [5.74, 6) is 0.405. The summed E-state index contributed by atoms with van der Waals surface area (Å²) in [5.41, 5.74) is 0. The van der Waals surface area contributed by atoms with Crippen LogP contribution in [0.15, 0.2) is 0 Å². The van der Waals surface area contributed by atoms with Gasteiger partial charge in [0.2, 0.25) is 0 Å². The van der Waals surface area contributed by atoms with Crippen molar-refractivity contribution in [2.45, 2.75) is 83.6 Å². The fourth-order valence-electron chi connectivity index (χ4n) is 2.09. The highest BCUT2D eigenvalue weighted by Gasteiger charge is 2.20. The molecule has 1 N–H and O–H groups in total. The van der Waals surface area contributed by atoms with Gasteiger partial charge >= 0.3 is 0 Å². The Morgan fingerprint density at radius 1 is 1.00 bits per heavy atom. The number of nitrogens with one attached hydrogen (secondary N) is 1. The molecule has 0 radical (unpaired) electrons. The summed E-state index contributed by atoms with van der Waals surface area (Å²) in [6, 6.07) is 0.664. The van der Waals surface area contributed by atoms with Crippen molar-refractivity contribution in [1.29, 1.82) is 0 Å². The molecule has 0 aromatic carbocycles. The summed E-state index contributed by atoms with van der Waals surface area (Å²) in [5, 5.41) is 3.28. The molecule has 0 aliphatic heterocycles. The van der Waals surface area contributed by atoms with Crippen LogP contribution in [0.2, 0.25) is 0 Å². The molecule has 0 aromatic rings. The van der Waals surface area contributed by atoms with Crippen molar-refractivity contribution in [3.8, 4) is 0 Å². The van der Waals surface area contributed by atoms with Gasteiger partial charge in [-0.3, -0.25) is 4.79 Å². The van der Waals surface area contributed by atoms with E-state index in [2.05, 4.69) is 12.2 Å². The predicted molar refractivity (Wildman–Crippen MR) is 73.3 cm³/mol. The molecule has 0 saturated heterocycles. The first-order chi connectivity index (χ1) is 8.33. The van der Waals surface area contributed by atoms with Crippen LogP contribution >= 0.6 is 0 Å². The second kappa shape index (κ2) is 9.64. The molecule has 1 aliphatic carbocycles. The van der Waals surface area contributed by atoms with E-state index in [1.165, 1.54) is 57.8 Å². The highest BCUT2D eigenvalue weighted by Crippen LogP contribution is 2.18.